The Morgan fingerprint density at radius 3 is 2.80 bits per heavy atom. The van der Waals surface area contributed by atoms with Gasteiger partial charge in [-0.05, 0) is 30.4 Å². The lowest BCUT2D eigenvalue weighted by molar-refractivity contribution is 0.659. The maximum absolute atomic E-state index is 6.07. The first-order chi connectivity index (χ1) is 7.27. The van der Waals surface area contributed by atoms with Gasteiger partial charge in [0.05, 0.1) is 0 Å². The van der Waals surface area contributed by atoms with Gasteiger partial charge in [0.25, 0.3) is 0 Å². The normalized spacial score (nSPS) is 17.7. The molecule has 1 aliphatic carbocycles. The van der Waals surface area contributed by atoms with Gasteiger partial charge in [0.15, 0.2) is 0 Å². The molecule has 1 nitrogen and oxygen atoms in total. The van der Waals surface area contributed by atoms with E-state index in [1.54, 1.807) is 0 Å². The molecule has 1 atom stereocenters. The maximum atomic E-state index is 6.07. The number of benzene rings is 1. The SMILES string of the molecule is NC(CSCc1ccccc1Cl)C1CC1. The van der Waals surface area contributed by atoms with Crippen molar-refractivity contribution in [2.24, 2.45) is 11.7 Å². The van der Waals surface area contributed by atoms with Crippen molar-refractivity contribution < 1.29 is 0 Å². The molecule has 1 aliphatic rings. The lowest BCUT2D eigenvalue weighted by Crippen LogP contribution is -2.25. The third kappa shape index (κ3) is 3.40. The average molecular weight is 242 g/mol. The van der Waals surface area contributed by atoms with Gasteiger partial charge in [-0.3, -0.25) is 0 Å². The van der Waals surface area contributed by atoms with Gasteiger partial charge in [0, 0.05) is 22.6 Å². The Morgan fingerprint density at radius 2 is 2.13 bits per heavy atom. The highest BCUT2D eigenvalue weighted by atomic mass is 35.5. The first kappa shape index (κ1) is 11.3. The fraction of sp³-hybridized carbons (Fsp3) is 0.500. The average Bonchev–Trinajstić information content (AvgIpc) is 3.04. The molecule has 82 valence electrons. The Morgan fingerprint density at radius 1 is 1.40 bits per heavy atom. The highest BCUT2D eigenvalue weighted by molar-refractivity contribution is 7.98. The molecule has 1 saturated carbocycles. The van der Waals surface area contributed by atoms with Crippen LogP contribution in [0.4, 0.5) is 0 Å². The summed E-state index contributed by atoms with van der Waals surface area (Å²) in [6.45, 7) is 0. The maximum Gasteiger partial charge on any atom is 0.0446 e. The molecule has 15 heavy (non-hydrogen) atoms. The van der Waals surface area contributed by atoms with E-state index in [9.17, 15) is 0 Å². The van der Waals surface area contributed by atoms with Crippen molar-refractivity contribution >= 4 is 23.4 Å². The molecule has 0 aromatic heterocycles. The molecule has 1 aromatic carbocycles. The number of halogens is 1. The molecule has 1 aromatic rings. The fourth-order valence-electron chi connectivity index (χ4n) is 1.58. The topological polar surface area (TPSA) is 26.0 Å². The Bertz CT molecular complexity index is 325. The molecule has 0 spiro atoms. The van der Waals surface area contributed by atoms with E-state index in [0.29, 0.717) is 6.04 Å². The number of thioether (sulfide) groups is 1. The summed E-state index contributed by atoms with van der Waals surface area (Å²) in [4.78, 5) is 0. The second-order valence-corrected chi connectivity index (χ2v) is 5.55. The fourth-order valence-corrected chi connectivity index (χ4v) is 3.00. The van der Waals surface area contributed by atoms with Gasteiger partial charge in [-0.2, -0.15) is 11.8 Å². The molecule has 2 N–H and O–H groups in total. The highest BCUT2D eigenvalue weighted by Gasteiger charge is 2.27. The summed E-state index contributed by atoms with van der Waals surface area (Å²) < 4.78 is 0. The van der Waals surface area contributed by atoms with Crippen molar-refractivity contribution in [2.45, 2.75) is 24.6 Å². The zero-order valence-corrected chi connectivity index (χ0v) is 10.2. The van der Waals surface area contributed by atoms with Crippen molar-refractivity contribution in [1.29, 1.82) is 0 Å². The lowest BCUT2D eigenvalue weighted by atomic mass is 10.2. The van der Waals surface area contributed by atoms with Crippen LogP contribution in [-0.4, -0.2) is 11.8 Å². The van der Waals surface area contributed by atoms with E-state index in [1.165, 1.54) is 18.4 Å². The molecule has 0 saturated heterocycles. The van der Waals surface area contributed by atoms with Gasteiger partial charge in [-0.1, -0.05) is 29.8 Å². The summed E-state index contributed by atoms with van der Waals surface area (Å²) in [5.41, 5.74) is 7.24. The summed E-state index contributed by atoms with van der Waals surface area (Å²) in [7, 11) is 0. The van der Waals surface area contributed by atoms with Crippen LogP contribution in [0.2, 0.25) is 5.02 Å². The van der Waals surface area contributed by atoms with Crippen molar-refractivity contribution in [3.05, 3.63) is 34.9 Å². The van der Waals surface area contributed by atoms with Crippen LogP contribution in [0.25, 0.3) is 0 Å². The molecule has 0 heterocycles. The van der Waals surface area contributed by atoms with Crippen molar-refractivity contribution in [3.63, 3.8) is 0 Å². The van der Waals surface area contributed by atoms with Gasteiger partial charge >= 0.3 is 0 Å². The first-order valence-electron chi connectivity index (χ1n) is 5.34. The van der Waals surface area contributed by atoms with E-state index in [2.05, 4.69) is 6.07 Å². The van der Waals surface area contributed by atoms with Crippen LogP contribution < -0.4 is 5.73 Å². The van der Waals surface area contributed by atoms with Gasteiger partial charge in [-0.25, -0.2) is 0 Å². The monoisotopic (exact) mass is 241 g/mol. The number of nitrogens with two attached hydrogens (primary N) is 1. The van der Waals surface area contributed by atoms with Crippen molar-refractivity contribution in [2.75, 3.05) is 5.75 Å². The highest BCUT2D eigenvalue weighted by Crippen LogP contribution is 2.33. The third-order valence-corrected chi connectivity index (χ3v) is 4.26. The summed E-state index contributed by atoms with van der Waals surface area (Å²) in [5.74, 6) is 2.82. The summed E-state index contributed by atoms with van der Waals surface area (Å²) >= 11 is 7.96. The van der Waals surface area contributed by atoms with Crippen LogP contribution in [0, 0.1) is 5.92 Å². The molecule has 0 radical (unpaired) electrons. The molecule has 2 rings (SSSR count). The van der Waals surface area contributed by atoms with Crippen molar-refractivity contribution in [3.8, 4) is 0 Å². The summed E-state index contributed by atoms with van der Waals surface area (Å²) in [6.07, 6.45) is 2.65. The standard InChI is InChI=1S/C12H16ClNS/c13-11-4-2-1-3-10(11)7-15-8-12(14)9-5-6-9/h1-4,9,12H,5-8,14H2. The Hall–Kier alpha value is -0.180. The number of hydrogen-bond donors (Lipinski definition) is 1. The summed E-state index contributed by atoms with van der Waals surface area (Å²) in [6, 6.07) is 8.41. The second kappa shape index (κ2) is 5.24. The quantitative estimate of drug-likeness (QED) is 0.856. The van der Waals surface area contributed by atoms with Crippen LogP contribution in [0.1, 0.15) is 18.4 Å². The van der Waals surface area contributed by atoms with E-state index in [1.807, 2.05) is 30.0 Å². The van der Waals surface area contributed by atoms with E-state index < -0.39 is 0 Å². The molecular weight excluding hydrogens is 226 g/mol. The largest absolute Gasteiger partial charge is 0.327 e. The van der Waals surface area contributed by atoms with Gasteiger partial charge < -0.3 is 5.73 Å². The first-order valence-corrected chi connectivity index (χ1v) is 6.87. The molecule has 3 heteroatoms. The zero-order chi connectivity index (χ0) is 10.7. The minimum Gasteiger partial charge on any atom is -0.327 e. The second-order valence-electron chi connectivity index (χ2n) is 4.11. The third-order valence-electron chi connectivity index (χ3n) is 2.75. The molecule has 1 fully saturated rings. The van der Waals surface area contributed by atoms with Crippen molar-refractivity contribution in [1.82, 2.24) is 0 Å². The van der Waals surface area contributed by atoms with E-state index in [-0.39, 0.29) is 0 Å². The predicted molar refractivity (Wildman–Crippen MR) is 68.3 cm³/mol. The molecule has 0 aliphatic heterocycles. The van der Waals surface area contributed by atoms with E-state index in [4.69, 9.17) is 17.3 Å². The zero-order valence-electron chi connectivity index (χ0n) is 8.66. The minimum atomic E-state index is 0.387. The van der Waals surface area contributed by atoms with Gasteiger partial charge in [-0.15, -0.1) is 0 Å². The number of rotatable bonds is 5. The Balaban J connectivity index is 1.75. The predicted octanol–water partition coefficient (Wildman–Crippen LogP) is 3.31. The van der Waals surface area contributed by atoms with Gasteiger partial charge in [0.1, 0.15) is 0 Å². The van der Waals surface area contributed by atoms with Crippen LogP contribution in [-0.2, 0) is 5.75 Å². The summed E-state index contributed by atoms with van der Waals surface area (Å²) in [5, 5.41) is 0.866. The number of hydrogen-bond acceptors (Lipinski definition) is 2. The van der Waals surface area contributed by atoms with Crippen LogP contribution in [0.5, 0.6) is 0 Å². The lowest BCUT2D eigenvalue weighted by Gasteiger charge is -2.09. The molecular formula is C12H16ClNS. The molecule has 1 unspecified atom stereocenters. The van der Waals surface area contributed by atoms with Crippen LogP contribution >= 0.6 is 23.4 Å². The smallest absolute Gasteiger partial charge is 0.0446 e. The van der Waals surface area contributed by atoms with E-state index in [0.717, 1.165) is 22.4 Å². The van der Waals surface area contributed by atoms with Gasteiger partial charge in [0.2, 0.25) is 0 Å². The Labute approximate surface area is 100 Å². The van der Waals surface area contributed by atoms with Crippen LogP contribution in [0.3, 0.4) is 0 Å². The Kier molecular flexibility index (Phi) is 3.95. The van der Waals surface area contributed by atoms with E-state index >= 15 is 0 Å². The van der Waals surface area contributed by atoms with Crippen LogP contribution in [0.15, 0.2) is 24.3 Å². The molecule has 0 amide bonds. The minimum absolute atomic E-state index is 0.387. The molecule has 0 bridgehead atoms.